The van der Waals surface area contributed by atoms with Crippen molar-refractivity contribution in [2.45, 2.75) is 4.90 Å². The van der Waals surface area contributed by atoms with E-state index in [1.165, 1.54) is 18.0 Å². The normalized spacial score (nSPS) is 10.9. The molecule has 0 N–H and O–H groups in total. The monoisotopic (exact) mass is 241 g/mol. The molecule has 1 rings (SSSR count). The molecule has 0 heterocycles. The topological polar surface area (TPSA) is 57.9 Å². The second-order valence-electron chi connectivity index (χ2n) is 3.09. The largest absolute Gasteiger partial charge is 0.229 e. The molecule has 0 saturated heterocycles. The molecule has 5 heteroatoms. The molecular formula is C10H11NO2S2. The molecule has 0 aliphatic heterocycles. The molecule has 0 fully saturated rings. The fourth-order valence-electron chi connectivity index (χ4n) is 0.988. The number of benzene rings is 1. The molecule has 0 atom stereocenters. The summed E-state index contributed by atoms with van der Waals surface area (Å²) in [6, 6.07) is 9.25. The van der Waals surface area contributed by atoms with Crippen molar-refractivity contribution in [2.75, 3.05) is 17.8 Å². The number of hydrogen-bond donors (Lipinski definition) is 0. The zero-order valence-electron chi connectivity index (χ0n) is 8.30. The van der Waals surface area contributed by atoms with Gasteiger partial charge in [0.1, 0.15) is 15.9 Å². The predicted octanol–water partition coefficient (Wildman–Crippen LogP) is 1.69. The summed E-state index contributed by atoms with van der Waals surface area (Å²) >= 11 is 1.40. The summed E-state index contributed by atoms with van der Waals surface area (Å²) in [6.45, 7) is 0. The van der Waals surface area contributed by atoms with E-state index in [0.717, 1.165) is 4.90 Å². The first-order valence-electron chi connectivity index (χ1n) is 4.32. The van der Waals surface area contributed by atoms with Gasteiger partial charge in [0.05, 0.1) is 11.3 Å². The summed E-state index contributed by atoms with van der Waals surface area (Å²) < 4.78 is 21.8. The van der Waals surface area contributed by atoms with Crippen molar-refractivity contribution in [1.29, 1.82) is 5.26 Å². The van der Waals surface area contributed by atoms with Crippen LogP contribution in [0.5, 0.6) is 0 Å². The van der Waals surface area contributed by atoms with E-state index in [4.69, 9.17) is 5.26 Å². The van der Waals surface area contributed by atoms with Crippen molar-refractivity contribution in [3.05, 3.63) is 29.8 Å². The van der Waals surface area contributed by atoms with Gasteiger partial charge in [0.2, 0.25) is 0 Å². The van der Waals surface area contributed by atoms with Gasteiger partial charge in [-0.15, -0.1) is 11.8 Å². The van der Waals surface area contributed by atoms with Crippen LogP contribution >= 0.6 is 11.8 Å². The lowest BCUT2D eigenvalue weighted by Gasteiger charge is -2.02. The first-order valence-corrected chi connectivity index (χ1v) is 7.37. The molecule has 0 amide bonds. The highest BCUT2D eigenvalue weighted by molar-refractivity contribution is 8.00. The SMILES string of the molecule is CS(=O)(=O)CCSc1ccccc1C#N. The Balaban J connectivity index is 2.63. The lowest BCUT2D eigenvalue weighted by Crippen LogP contribution is -2.05. The van der Waals surface area contributed by atoms with Crippen LogP contribution in [0.1, 0.15) is 5.56 Å². The zero-order valence-corrected chi connectivity index (χ0v) is 9.94. The minimum Gasteiger partial charge on any atom is -0.229 e. The molecule has 0 aliphatic rings. The third kappa shape index (κ3) is 4.36. The number of nitriles is 1. The second-order valence-corrected chi connectivity index (χ2v) is 6.48. The third-order valence-corrected chi connectivity index (χ3v) is 4.00. The van der Waals surface area contributed by atoms with E-state index < -0.39 is 9.84 Å². The Bertz CT molecular complexity index is 474. The molecule has 15 heavy (non-hydrogen) atoms. The summed E-state index contributed by atoms with van der Waals surface area (Å²) in [5.41, 5.74) is 0.594. The van der Waals surface area contributed by atoms with Crippen LogP contribution in [0.15, 0.2) is 29.2 Å². The lowest BCUT2D eigenvalue weighted by atomic mass is 10.2. The van der Waals surface area contributed by atoms with Crippen molar-refractivity contribution in [3.63, 3.8) is 0 Å². The quantitative estimate of drug-likeness (QED) is 0.753. The Hall–Kier alpha value is -0.990. The molecular weight excluding hydrogens is 230 g/mol. The molecule has 0 unspecified atom stereocenters. The van der Waals surface area contributed by atoms with Gasteiger partial charge in [0.15, 0.2) is 0 Å². The molecule has 3 nitrogen and oxygen atoms in total. The van der Waals surface area contributed by atoms with Crippen LogP contribution in [0.4, 0.5) is 0 Å². The molecule has 0 spiro atoms. The molecule has 0 radical (unpaired) electrons. The summed E-state index contributed by atoms with van der Waals surface area (Å²) in [5.74, 6) is 0.620. The fraction of sp³-hybridized carbons (Fsp3) is 0.300. The Labute approximate surface area is 94.0 Å². The third-order valence-electron chi connectivity index (χ3n) is 1.72. The number of nitrogens with zero attached hydrogens (tertiary/aromatic N) is 1. The van der Waals surface area contributed by atoms with Gasteiger partial charge < -0.3 is 0 Å². The highest BCUT2D eigenvalue weighted by Gasteiger charge is 2.05. The summed E-state index contributed by atoms with van der Waals surface area (Å²) in [6.07, 6.45) is 1.21. The van der Waals surface area contributed by atoms with Crippen molar-refractivity contribution in [1.82, 2.24) is 0 Å². The molecule has 80 valence electrons. The molecule has 0 aliphatic carbocycles. The first kappa shape index (κ1) is 12.1. The maximum absolute atomic E-state index is 10.9. The van der Waals surface area contributed by atoms with E-state index in [2.05, 4.69) is 6.07 Å². The number of rotatable bonds is 4. The van der Waals surface area contributed by atoms with Crippen molar-refractivity contribution < 1.29 is 8.42 Å². The van der Waals surface area contributed by atoms with E-state index in [-0.39, 0.29) is 5.75 Å². The van der Waals surface area contributed by atoms with Crippen LogP contribution in [0.2, 0.25) is 0 Å². The zero-order chi connectivity index (χ0) is 11.3. The van der Waals surface area contributed by atoms with Crippen LogP contribution in [0.25, 0.3) is 0 Å². The summed E-state index contributed by atoms with van der Waals surface area (Å²) in [4.78, 5) is 0.837. The Morgan fingerprint density at radius 2 is 2.07 bits per heavy atom. The van der Waals surface area contributed by atoms with Crippen LogP contribution < -0.4 is 0 Å². The molecule has 0 bridgehead atoms. The van der Waals surface area contributed by atoms with E-state index in [0.29, 0.717) is 11.3 Å². The van der Waals surface area contributed by atoms with Gasteiger partial charge >= 0.3 is 0 Å². The Morgan fingerprint density at radius 1 is 1.40 bits per heavy atom. The van der Waals surface area contributed by atoms with Gasteiger partial charge in [-0.1, -0.05) is 12.1 Å². The first-order chi connectivity index (χ1) is 7.03. The van der Waals surface area contributed by atoms with E-state index in [9.17, 15) is 8.42 Å². The lowest BCUT2D eigenvalue weighted by molar-refractivity contribution is 0.603. The number of thioether (sulfide) groups is 1. The molecule has 0 saturated carbocycles. The maximum Gasteiger partial charge on any atom is 0.148 e. The van der Waals surface area contributed by atoms with Gasteiger partial charge in [0.25, 0.3) is 0 Å². The van der Waals surface area contributed by atoms with Crippen LogP contribution in [-0.4, -0.2) is 26.2 Å². The minimum atomic E-state index is -2.92. The summed E-state index contributed by atoms with van der Waals surface area (Å²) in [5, 5.41) is 8.80. The Morgan fingerprint density at radius 3 is 2.67 bits per heavy atom. The summed E-state index contributed by atoms with van der Waals surface area (Å²) in [7, 11) is -2.92. The van der Waals surface area contributed by atoms with Gasteiger partial charge in [-0.2, -0.15) is 5.26 Å². The Kier molecular flexibility index (Phi) is 4.18. The van der Waals surface area contributed by atoms with Crippen molar-refractivity contribution >= 4 is 21.6 Å². The molecule has 1 aromatic rings. The smallest absolute Gasteiger partial charge is 0.148 e. The maximum atomic E-state index is 10.9. The van der Waals surface area contributed by atoms with E-state index in [1.807, 2.05) is 12.1 Å². The predicted molar refractivity (Wildman–Crippen MR) is 61.6 cm³/mol. The van der Waals surface area contributed by atoms with E-state index >= 15 is 0 Å². The van der Waals surface area contributed by atoms with Gasteiger partial charge in [-0.3, -0.25) is 0 Å². The van der Waals surface area contributed by atoms with Gasteiger partial charge in [-0.05, 0) is 12.1 Å². The highest BCUT2D eigenvalue weighted by atomic mass is 32.2. The minimum absolute atomic E-state index is 0.136. The average Bonchev–Trinajstić information content (AvgIpc) is 2.16. The number of hydrogen-bond acceptors (Lipinski definition) is 4. The van der Waals surface area contributed by atoms with Crippen LogP contribution in [0.3, 0.4) is 0 Å². The standard InChI is InChI=1S/C10H11NO2S2/c1-15(12,13)7-6-14-10-5-3-2-4-9(10)8-11/h2-5H,6-7H2,1H3. The number of sulfone groups is 1. The molecule has 0 aromatic heterocycles. The van der Waals surface area contributed by atoms with Gasteiger partial charge in [-0.25, -0.2) is 8.42 Å². The van der Waals surface area contributed by atoms with E-state index in [1.54, 1.807) is 12.1 Å². The highest BCUT2D eigenvalue weighted by Crippen LogP contribution is 2.21. The van der Waals surface area contributed by atoms with Crippen LogP contribution in [-0.2, 0) is 9.84 Å². The molecule has 1 aromatic carbocycles. The van der Waals surface area contributed by atoms with Crippen LogP contribution in [0, 0.1) is 11.3 Å². The van der Waals surface area contributed by atoms with Crippen molar-refractivity contribution in [3.8, 4) is 6.07 Å². The van der Waals surface area contributed by atoms with Gasteiger partial charge in [0, 0.05) is 16.9 Å². The average molecular weight is 241 g/mol. The van der Waals surface area contributed by atoms with Crippen molar-refractivity contribution in [2.24, 2.45) is 0 Å². The second kappa shape index (κ2) is 5.19. The fourth-order valence-corrected chi connectivity index (χ4v) is 3.20.